The molecule has 0 aliphatic heterocycles. The third-order valence-corrected chi connectivity index (χ3v) is 9.20. The summed E-state index contributed by atoms with van der Waals surface area (Å²) in [5.74, 6) is 0.516. The zero-order chi connectivity index (χ0) is 31.3. The lowest BCUT2D eigenvalue weighted by Crippen LogP contribution is -1.99. The van der Waals surface area contributed by atoms with E-state index < -0.39 is 0 Å². The molecule has 0 fully saturated rings. The molecule has 45 heavy (non-hydrogen) atoms. The van der Waals surface area contributed by atoms with Gasteiger partial charge in [-0.2, -0.15) is 0 Å². The van der Waals surface area contributed by atoms with E-state index >= 15 is 0 Å². The molecule has 13 heteroatoms. The lowest BCUT2D eigenvalue weighted by atomic mass is 10.1. The molecule has 0 spiro atoms. The van der Waals surface area contributed by atoms with Crippen molar-refractivity contribution >= 4 is 124 Å². The number of aromatic nitrogens is 8. The largest absolute Gasteiger partial charge is 0.345 e. The molecule has 0 aliphatic carbocycles. The van der Waals surface area contributed by atoms with Crippen LogP contribution in [0, 0.1) is 7.14 Å². The molecule has 0 saturated carbocycles. The fourth-order valence-corrected chi connectivity index (χ4v) is 6.39. The van der Waals surface area contributed by atoms with Crippen LogP contribution in [-0.4, -0.2) is 39.5 Å². The maximum absolute atomic E-state index is 6.03. The van der Waals surface area contributed by atoms with Gasteiger partial charge >= 0.3 is 0 Å². The Morgan fingerprint density at radius 2 is 1.31 bits per heavy atom. The normalized spacial score (nSPS) is 11.0. The number of fused-ring (bicyclic) bond motifs is 4. The van der Waals surface area contributed by atoms with Crippen molar-refractivity contribution in [2.45, 2.75) is 12.4 Å². The zero-order valence-electron chi connectivity index (χ0n) is 23.2. The Labute approximate surface area is 299 Å². The van der Waals surface area contributed by atoms with Gasteiger partial charge in [0.2, 0.25) is 0 Å². The van der Waals surface area contributed by atoms with Gasteiger partial charge in [-0.15, -0.1) is 11.6 Å². The minimum atomic E-state index is 0.516. The van der Waals surface area contributed by atoms with Gasteiger partial charge in [-0.1, -0.05) is 35.3 Å². The van der Waals surface area contributed by atoms with Crippen LogP contribution in [0.2, 0.25) is 10.0 Å². The number of hydrogen-bond donors (Lipinski definition) is 1. The Hall–Kier alpha value is -3.17. The van der Waals surface area contributed by atoms with Gasteiger partial charge in [0.25, 0.3) is 0 Å². The Balaban J connectivity index is 0.000000131. The lowest BCUT2D eigenvalue weighted by molar-refractivity contribution is 0.823. The van der Waals surface area contributed by atoms with Crippen LogP contribution in [-0.2, 0) is 12.4 Å². The average Bonchev–Trinajstić information content (AvgIpc) is 3.60. The van der Waals surface area contributed by atoms with E-state index in [4.69, 9.17) is 34.8 Å². The van der Waals surface area contributed by atoms with Crippen LogP contribution < -0.4 is 0 Å². The summed E-state index contributed by atoms with van der Waals surface area (Å²) in [4.78, 5) is 28.0. The molecule has 0 aliphatic rings. The molecule has 6 heterocycles. The molecular weight excluding hydrogens is 857 g/mol. The average molecular weight is 878 g/mol. The second kappa shape index (κ2) is 14.5. The molecule has 0 bridgehead atoms. The molecule has 2 aromatic carbocycles. The van der Waals surface area contributed by atoms with Crippen LogP contribution in [0.25, 0.3) is 43.9 Å². The second-order valence-corrected chi connectivity index (χ2v) is 13.2. The molecule has 0 saturated heterocycles. The quantitative estimate of drug-likeness (QED) is 0.140. The minimum Gasteiger partial charge on any atom is -0.345 e. The second-order valence-electron chi connectivity index (χ2n) is 9.78. The van der Waals surface area contributed by atoms with Crippen molar-refractivity contribution in [3.63, 3.8) is 0 Å². The number of alkyl halides is 1. The lowest BCUT2D eigenvalue weighted by Gasteiger charge is -2.06. The van der Waals surface area contributed by atoms with Crippen LogP contribution >= 0.6 is 80.0 Å². The van der Waals surface area contributed by atoms with E-state index in [1.165, 1.54) is 11.9 Å². The molecule has 0 unspecified atom stereocenters. The van der Waals surface area contributed by atoms with Crippen molar-refractivity contribution < 1.29 is 0 Å². The maximum atomic E-state index is 6.03. The first-order valence-electron chi connectivity index (χ1n) is 13.4. The number of pyridine rings is 2. The number of nitrogens with one attached hydrogen (secondary N) is 1. The number of aromatic amines is 1. The number of benzene rings is 2. The number of rotatable bonds is 3. The highest BCUT2D eigenvalue weighted by Gasteiger charge is 2.09. The van der Waals surface area contributed by atoms with Crippen LogP contribution in [0.4, 0.5) is 0 Å². The molecule has 224 valence electrons. The number of hydrogen-bond acceptors (Lipinski definition) is 6. The summed E-state index contributed by atoms with van der Waals surface area (Å²) in [6.07, 6.45) is 14.1. The summed E-state index contributed by atoms with van der Waals surface area (Å²) in [5, 5.41) is 5.55. The first-order valence-corrected chi connectivity index (χ1v) is 16.8. The molecule has 6 aromatic heterocycles. The summed E-state index contributed by atoms with van der Waals surface area (Å²) in [5.41, 5.74) is 6.01. The van der Waals surface area contributed by atoms with E-state index in [1.54, 1.807) is 24.9 Å². The summed E-state index contributed by atoms with van der Waals surface area (Å²) >= 11 is 22.1. The van der Waals surface area contributed by atoms with Crippen LogP contribution in [0.3, 0.4) is 0 Å². The van der Waals surface area contributed by atoms with Gasteiger partial charge in [-0.05, 0) is 92.7 Å². The van der Waals surface area contributed by atoms with E-state index in [-0.39, 0.29) is 0 Å². The molecule has 1 N–H and O–H groups in total. The highest BCUT2D eigenvalue weighted by Crippen LogP contribution is 2.23. The third-order valence-electron chi connectivity index (χ3n) is 6.73. The number of H-pyrrole nitrogens is 1. The van der Waals surface area contributed by atoms with Gasteiger partial charge in [-0.3, -0.25) is 9.97 Å². The van der Waals surface area contributed by atoms with Gasteiger partial charge in [-0.25, -0.2) is 19.9 Å². The predicted molar refractivity (Wildman–Crippen MR) is 199 cm³/mol. The summed E-state index contributed by atoms with van der Waals surface area (Å²) < 4.78 is 4.45. The first-order chi connectivity index (χ1) is 21.9. The fraction of sp³-hybridized carbons (Fsp3) is 0.0625. The van der Waals surface area contributed by atoms with Crippen molar-refractivity contribution in [1.29, 1.82) is 0 Å². The minimum absolute atomic E-state index is 0.516. The van der Waals surface area contributed by atoms with E-state index in [0.29, 0.717) is 15.9 Å². The van der Waals surface area contributed by atoms with Crippen molar-refractivity contribution in [1.82, 2.24) is 39.5 Å². The van der Waals surface area contributed by atoms with Gasteiger partial charge in [0.15, 0.2) is 0 Å². The van der Waals surface area contributed by atoms with Crippen LogP contribution in [0.5, 0.6) is 0 Å². The smallest absolute Gasteiger partial charge is 0.144 e. The molecule has 0 atom stereocenters. The molecule has 0 amide bonds. The van der Waals surface area contributed by atoms with E-state index in [0.717, 1.165) is 63.1 Å². The number of halogens is 5. The van der Waals surface area contributed by atoms with Crippen molar-refractivity contribution in [2.24, 2.45) is 0 Å². The van der Waals surface area contributed by atoms with Crippen LogP contribution in [0.1, 0.15) is 11.1 Å². The summed E-state index contributed by atoms with van der Waals surface area (Å²) in [6, 6.07) is 16.0. The summed E-state index contributed by atoms with van der Waals surface area (Å²) in [7, 11) is 0. The summed E-state index contributed by atoms with van der Waals surface area (Å²) in [6.45, 7) is 0.749. The Bertz CT molecular complexity index is 2270. The monoisotopic (exact) mass is 876 g/mol. The van der Waals surface area contributed by atoms with Gasteiger partial charge in [0, 0.05) is 67.5 Å². The molecule has 8 nitrogen and oxygen atoms in total. The topological polar surface area (TPSA) is 98.1 Å². The predicted octanol–water partition coefficient (Wildman–Crippen LogP) is 9.48. The number of nitrogens with zero attached hydrogens (tertiary/aromatic N) is 7. The standard InChI is InChI=1S/C16H10ClIN4.C10H7Cl2N.C6H4IN3/c17-12-4-11-3-10(1-2-15(11)20-5-12)7-22-8-14(18)13-6-19-9-21-16(13)22;11-5-7-1-2-10-8(3-7)4-9(12)6-13-10;7-5-2-9-6-4(5)1-8-3-10-6/h1-6,8-9H,7H2;1-4,6H,5H2;1-3H,(H,8,9,10). The molecule has 8 aromatic rings. The fourth-order valence-electron chi connectivity index (χ4n) is 4.62. The highest BCUT2D eigenvalue weighted by molar-refractivity contribution is 14.1. The molecule has 0 radical (unpaired) electrons. The van der Waals surface area contributed by atoms with Gasteiger partial charge in [0.1, 0.15) is 23.9 Å². The van der Waals surface area contributed by atoms with E-state index in [9.17, 15) is 0 Å². The Morgan fingerprint density at radius 3 is 1.98 bits per heavy atom. The van der Waals surface area contributed by atoms with E-state index in [2.05, 4.69) is 103 Å². The van der Waals surface area contributed by atoms with Crippen molar-refractivity contribution in [3.8, 4) is 0 Å². The van der Waals surface area contributed by atoms with Crippen LogP contribution in [0.15, 0.2) is 98.4 Å². The van der Waals surface area contributed by atoms with Crippen molar-refractivity contribution in [2.75, 3.05) is 0 Å². The van der Waals surface area contributed by atoms with Gasteiger partial charge in [0.05, 0.1) is 31.9 Å². The Morgan fingerprint density at radius 1 is 0.689 bits per heavy atom. The SMILES string of the molecule is ClCc1ccc2ncc(Cl)cc2c1.Clc1cnc2ccc(Cn3cc(I)c4cncnc43)cc2c1.Ic1c[nH]c2ncncc12. The van der Waals surface area contributed by atoms with E-state index in [1.807, 2.05) is 48.8 Å². The van der Waals surface area contributed by atoms with Crippen molar-refractivity contribution in [3.05, 3.63) is 127 Å². The Kier molecular flexibility index (Phi) is 10.2. The maximum Gasteiger partial charge on any atom is 0.144 e. The molecule has 8 rings (SSSR count). The third kappa shape index (κ3) is 7.63. The molecular formula is C32H21Cl3I2N8. The van der Waals surface area contributed by atoms with Gasteiger partial charge < -0.3 is 9.55 Å². The zero-order valence-corrected chi connectivity index (χ0v) is 29.8. The first kappa shape index (κ1) is 31.8. The highest BCUT2D eigenvalue weighted by atomic mass is 127.